The van der Waals surface area contributed by atoms with Gasteiger partial charge in [0, 0.05) is 0 Å². The molecule has 1 aliphatic heterocycles. The number of amides is 1. The molecule has 0 saturated carbocycles. The van der Waals surface area contributed by atoms with Gasteiger partial charge in [0.15, 0.2) is 0 Å². The molecule has 1 N–H and O–H groups in total. The standard InChI is InChI=1S/C20H19NO3S2/c1-13-9-14(2)11-17(10-13)24-8-7-23-16-5-3-15(4-6-16)12-18-19(22)21-20(25)26-18/h3-6,9-12H,7-8H2,1-2H3,(H,21,22,25). The molecule has 3 rings (SSSR count). The van der Waals surface area contributed by atoms with Crippen LogP contribution in [0.3, 0.4) is 0 Å². The second-order valence-corrected chi connectivity index (χ2v) is 7.66. The van der Waals surface area contributed by atoms with E-state index < -0.39 is 0 Å². The van der Waals surface area contributed by atoms with Crippen LogP contribution >= 0.6 is 24.0 Å². The first kappa shape index (κ1) is 18.5. The van der Waals surface area contributed by atoms with Gasteiger partial charge < -0.3 is 14.8 Å². The summed E-state index contributed by atoms with van der Waals surface area (Å²) in [6.07, 6.45) is 1.81. The van der Waals surface area contributed by atoms with E-state index in [-0.39, 0.29) is 5.91 Å². The molecule has 6 heteroatoms. The maximum absolute atomic E-state index is 11.7. The van der Waals surface area contributed by atoms with Gasteiger partial charge in [-0.2, -0.15) is 0 Å². The Morgan fingerprint density at radius 3 is 2.19 bits per heavy atom. The summed E-state index contributed by atoms with van der Waals surface area (Å²) in [4.78, 5) is 12.3. The van der Waals surface area contributed by atoms with Crippen molar-refractivity contribution in [1.29, 1.82) is 0 Å². The van der Waals surface area contributed by atoms with E-state index in [4.69, 9.17) is 21.7 Å². The van der Waals surface area contributed by atoms with Gasteiger partial charge in [-0.25, -0.2) is 0 Å². The molecule has 1 aliphatic rings. The summed E-state index contributed by atoms with van der Waals surface area (Å²) < 4.78 is 11.9. The molecule has 0 bridgehead atoms. The van der Waals surface area contributed by atoms with Crippen molar-refractivity contribution in [3.05, 3.63) is 64.1 Å². The van der Waals surface area contributed by atoms with Crippen LogP contribution in [0.4, 0.5) is 0 Å². The summed E-state index contributed by atoms with van der Waals surface area (Å²) in [7, 11) is 0. The van der Waals surface area contributed by atoms with E-state index in [0.29, 0.717) is 22.4 Å². The number of hydrogen-bond acceptors (Lipinski definition) is 5. The van der Waals surface area contributed by atoms with Crippen molar-refractivity contribution in [2.75, 3.05) is 13.2 Å². The fourth-order valence-electron chi connectivity index (χ4n) is 2.57. The van der Waals surface area contributed by atoms with Crippen molar-refractivity contribution in [3.63, 3.8) is 0 Å². The highest BCUT2D eigenvalue weighted by Crippen LogP contribution is 2.26. The molecule has 134 valence electrons. The Hall–Kier alpha value is -2.31. The molecule has 0 radical (unpaired) electrons. The first-order chi connectivity index (χ1) is 12.5. The largest absolute Gasteiger partial charge is 0.490 e. The molecular formula is C20H19NO3S2. The Morgan fingerprint density at radius 1 is 1.00 bits per heavy atom. The second kappa shape index (κ2) is 8.38. The molecule has 2 aromatic carbocycles. The molecule has 1 fully saturated rings. The number of hydrogen-bond donors (Lipinski definition) is 1. The molecule has 0 aliphatic carbocycles. The van der Waals surface area contributed by atoms with Crippen LogP contribution in [0.15, 0.2) is 47.4 Å². The van der Waals surface area contributed by atoms with E-state index in [1.807, 2.05) is 42.5 Å². The molecule has 1 saturated heterocycles. The zero-order valence-corrected chi connectivity index (χ0v) is 16.2. The molecule has 0 atom stereocenters. The number of carbonyl (C=O) groups is 1. The quantitative estimate of drug-likeness (QED) is 0.458. The first-order valence-electron chi connectivity index (χ1n) is 8.18. The number of benzene rings is 2. The van der Waals surface area contributed by atoms with Crippen molar-refractivity contribution in [2.24, 2.45) is 0 Å². The minimum atomic E-state index is -0.149. The number of ether oxygens (including phenoxy) is 2. The predicted molar refractivity (Wildman–Crippen MR) is 110 cm³/mol. The van der Waals surface area contributed by atoms with E-state index in [1.165, 1.54) is 22.9 Å². The smallest absolute Gasteiger partial charge is 0.263 e. The highest BCUT2D eigenvalue weighted by molar-refractivity contribution is 8.26. The summed E-state index contributed by atoms with van der Waals surface area (Å²) in [6, 6.07) is 13.7. The second-order valence-electron chi connectivity index (χ2n) is 5.94. The van der Waals surface area contributed by atoms with Crippen molar-refractivity contribution in [2.45, 2.75) is 13.8 Å². The van der Waals surface area contributed by atoms with Crippen molar-refractivity contribution in [3.8, 4) is 11.5 Å². The van der Waals surface area contributed by atoms with Crippen LogP contribution in [0, 0.1) is 13.8 Å². The van der Waals surface area contributed by atoms with Crippen molar-refractivity contribution in [1.82, 2.24) is 5.32 Å². The van der Waals surface area contributed by atoms with Gasteiger partial charge in [-0.3, -0.25) is 4.79 Å². The van der Waals surface area contributed by atoms with E-state index in [2.05, 4.69) is 25.2 Å². The molecule has 26 heavy (non-hydrogen) atoms. The lowest BCUT2D eigenvalue weighted by molar-refractivity contribution is -0.115. The normalized spacial score (nSPS) is 15.2. The van der Waals surface area contributed by atoms with Gasteiger partial charge in [0.1, 0.15) is 29.0 Å². The number of aryl methyl sites for hydroxylation is 2. The highest BCUT2D eigenvalue weighted by atomic mass is 32.2. The zero-order chi connectivity index (χ0) is 18.5. The van der Waals surface area contributed by atoms with E-state index in [0.717, 1.165) is 17.1 Å². The summed E-state index contributed by atoms with van der Waals surface area (Å²) >= 11 is 6.25. The van der Waals surface area contributed by atoms with Crippen LogP contribution in [0.5, 0.6) is 11.5 Å². The Kier molecular flexibility index (Phi) is 5.96. The third-order valence-corrected chi connectivity index (χ3v) is 4.80. The van der Waals surface area contributed by atoms with Gasteiger partial charge in [0.2, 0.25) is 0 Å². The average molecular weight is 386 g/mol. The molecule has 0 unspecified atom stereocenters. The van der Waals surface area contributed by atoms with Crippen LogP contribution in [0.2, 0.25) is 0 Å². The third-order valence-electron chi connectivity index (χ3n) is 3.64. The van der Waals surface area contributed by atoms with Gasteiger partial charge in [-0.1, -0.05) is 42.2 Å². The Bertz CT molecular complexity index is 840. The third kappa shape index (κ3) is 5.09. The maximum Gasteiger partial charge on any atom is 0.263 e. The highest BCUT2D eigenvalue weighted by Gasteiger charge is 2.21. The van der Waals surface area contributed by atoms with Crippen LogP contribution in [0.1, 0.15) is 16.7 Å². The van der Waals surface area contributed by atoms with Gasteiger partial charge in [-0.15, -0.1) is 0 Å². The molecule has 1 amide bonds. The van der Waals surface area contributed by atoms with E-state index in [1.54, 1.807) is 0 Å². The molecule has 2 aromatic rings. The SMILES string of the molecule is Cc1cc(C)cc(OCCOc2ccc(C=C3SC(=S)NC3=O)cc2)c1. The first-order valence-corrected chi connectivity index (χ1v) is 9.41. The molecular weight excluding hydrogens is 366 g/mol. The number of thioether (sulfide) groups is 1. The Morgan fingerprint density at radius 2 is 1.62 bits per heavy atom. The topological polar surface area (TPSA) is 47.6 Å². The van der Waals surface area contributed by atoms with Crippen LogP contribution in [-0.4, -0.2) is 23.4 Å². The lowest BCUT2D eigenvalue weighted by Gasteiger charge is -2.10. The Labute approximate surface area is 162 Å². The maximum atomic E-state index is 11.7. The summed E-state index contributed by atoms with van der Waals surface area (Å²) in [6.45, 7) is 5.03. The lowest BCUT2D eigenvalue weighted by atomic mass is 10.1. The van der Waals surface area contributed by atoms with Crippen LogP contribution in [-0.2, 0) is 4.79 Å². The minimum absolute atomic E-state index is 0.149. The zero-order valence-electron chi connectivity index (χ0n) is 14.6. The molecule has 0 spiro atoms. The van der Waals surface area contributed by atoms with E-state index in [9.17, 15) is 4.79 Å². The monoisotopic (exact) mass is 385 g/mol. The average Bonchev–Trinajstić information content (AvgIpc) is 2.89. The summed E-state index contributed by atoms with van der Waals surface area (Å²) in [5, 5.41) is 2.60. The fourth-order valence-corrected chi connectivity index (χ4v) is 3.61. The van der Waals surface area contributed by atoms with Gasteiger partial charge in [-0.05, 0) is 60.9 Å². The molecule has 4 nitrogen and oxygen atoms in total. The number of thiocarbonyl (C=S) groups is 1. The van der Waals surface area contributed by atoms with Crippen molar-refractivity contribution >= 4 is 40.3 Å². The Balaban J connectivity index is 1.49. The summed E-state index contributed by atoms with van der Waals surface area (Å²) in [5.41, 5.74) is 3.28. The molecule has 1 heterocycles. The predicted octanol–water partition coefficient (Wildman–Crippen LogP) is 4.25. The van der Waals surface area contributed by atoms with Crippen LogP contribution in [0.25, 0.3) is 6.08 Å². The van der Waals surface area contributed by atoms with Crippen molar-refractivity contribution < 1.29 is 14.3 Å². The van der Waals surface area contributed by atoms with Gasteiger partial charge in [0.25, 0.3) is 5.91 Å². The minimum Gasteiger partial charge on any atom is -0.490 e. The van der Waals surface area contributed by atoms with Crippen LogP contribution < -0.4 is 14.8 Å². The van der Waals surface area contributed by atoms with Gasteiger partial charge >= 0.3 is 0 Å². The summed E-state index contributed by atoms with van der Waals surface area (Å²) in [5.74, 6) is 1.47. The lowest BCUT2D eigenvalue weighted by Crippen LogP contribution is -2.17. The van der Waals surface area contributed by atoms with E-state index >= 15 is 0 Å². The number of carbonyl (C=O) groups excluding carboxylic acids is 1. The van der Waals surface area contributed by atoms with Gasteiger partial charge in [0.05, 0.1) is 4.91 Å². The fraction of sp³-hybridized carbons (Fsp3) is 0.200. The molecule has 0 aromatic heterocycles. The number of nitrogens with one attached hydrogen (secondary N) is 1. The number of rotatable bonds is 6.